The van der Waals surface area contributed by atoms with E-state index in [0.717, 1.165) is 0 Å². The molecule has 0 radical (unpaired) electrons. The highest BCUT2D eigenvalue weighted by atomic mass is 35.5. The van der Waals surface area contributed by atoms with Gasteiger partial charge in [0.15, 0.2) is 0 Å². The summed E-state index contributed by atoms with van der Waals surface area (Å²) < 4.78 is 10.7. The van der Waals surface area contributed by atoms with Crippen LogP contribution in [-0.2, 0) is 4.74 Å². The van der Waals surface area contributed by atoms with E-state index in [1.807, 2.05) is 26.0 Å². The molecule has 2 unspecified atom stereocenters. The van der Waals surface area contributed by atoms with Gasteiger partial charge in [-0.3, -0.25) is 0 Å². The second-order valence-electron chi connectivity index (χ2n) is 4.36. The van der Waals surface area contributed by atoms with E-state index in [0.29, 0.717) is 30.5 Å². The third-order valence-corrected chi connectivity index (χ3v) is 2.85. The molecule has 1 aromatic rings. The molecule has 1 rings (SSSR count). The fourth-order valence-electron chi connectivity index (χ4n) is 1.50. The average molecular weight is 288 g/mol. The topological polar surface area (TPSA) is 50.7 Å². The smallest absolute Gasteiger partial charge is 0.138 e. The molecule has 4 nitrogen and oxygen atoms in total. The lowest BCUT2D eigenvalue weighted by Crippen LogP contribution is -2.38. The maximum absolute atomic E-state index is 9.80. The normalized spacial score (nSPS) is 14.1. The van der Waals surface area contributed by atoms with Crippen LogP contribution >= 0.6 is 11.6 Å². The zero-order chi connectivity index (χ0) is 14.1. The van der Waals surface area contributed by atoms with Crippen molar-refractivity contribution in [2.75, 3.05) is 26.4 Å². The van der Waals surface area contributed by atoms with Gasteiger partial charge in [0.25, 0.3) is 0 Å². The van der Waals surface area contributed by atoms with Crippen LogP contribution in [0.3, 0.4) is 0 Å². The lowest BCUT2D eigenvalue weighted by molar-refractivity contribution is 0.0908. The van der Waals surface area contributed by atoms with E-state index in [4.69, 9.17) is 21.1 Å². The van der Waals surface area contributed by atoms with Crippen LogP contribution in [0.4, 0.5) is 0 Å². The van der Waals surface area contributed by atoms with Crippen LogP contribution in [0.15, 0.2) is 24.3 Å². The molecule has 0 aliphatic heterocycles. The van der Waals surface area contributed by atoms with Crippen molar-refractivity contribution in [3.63, 3.8) is 0 Å². The molecule has 1 aromatic carbocycles. The first-order valence-electron chi connectivity index (χ1n) is 6.50. The standard InChI is InChI=1S/C14H22ClNO3/c1-3-18-9-11(2)16-8-12(17)10-19-14-7-5-4-6-13(14)15/h4-7,11-12,16-17H,3,8-10H2,1-2H3. The van der Waals surface area contributed by atoms with Crippen molar-refractivity contribution in [1.82, 2.24) is 5.32 Å². The highest BCUT2D eigenvalue weighted by Crippen LogP contribution is 2.22. The number of para-hydroxylation sites is 1. The second kappa shape index (κ2) is 9.15. The number of aliphatic hydroxyl groups is 1. The third kappa shape index (κ3) is 6.78. The first kappa shape index (κ1) is 16.2. The van der Waals surface area contributed by atoms with Gasteiger partial charge in [0, 0.05) is 19.2 Å². The number of hydrogen-bond acceptors (Lipinski definition) is 4. The Hall–Kier alpha value is -0.810. The van der Waals surface area contributed by atoms with Gasteiger partial charge in [-0.25, -0.2) is 0 Å². The number of halogens is 1. The quantitative estimate of drug-likeness (QED) is 0.730. The molecule has 0 bridgehead atoms. The Balaban J connectivity index is 2.21. The zero-order valence-corrected chi connectivity index (χ0v) is 12.2. The molecule has 0 saturated heterocycles. The summed E-state index contributed by atoms with van der Waals surface area (Å²) in [6.07, 6.45) is -0.583. The minimum absolute atomic E-state index is 0.204. The van der Waals surface area contributed by atoms with Gasteiger partial charge in [-0.2, -0.15) is 0 Å². The van der Waals surface area contributed by atoms with E-state index in [2.05, 4.69) is 5.32 Å². The molecule has 108 valence electrons. The van der Waals surface area contributed by atoms with Gasteiger partial charge in [0.2, 0.25) is 0 Å². The maximum atomic E-state index is 9.80. The minimum atomic E-state index is -0.583. The van der Waals surface area contributed by atoms with Crippen LogP contribution in [-0.4, -0.2) is 43.6 Å². The summed E-state index contributed by atoms with van der Waals surface area (Å²) in [6.45, 7) is 5.96. The summed E-state index contributed by atoms with van der Waals surface area (Å²) in [5.41, 5.74) is 0. The van der Waals surface area contributed by atoms with Crippen molar-refractivity contribution in [1.29, 1.82) is 0 Å². The molecule has 19 heavy (non-hydrogen) atoms. The Kier molecular flexibility index (Phi) is 7.82. The predicted octanol–water partition coefficient (Wildman–Crippen LogP) is 2.09. The van der Waals surface area contributed by atoms with Crippen LogP contribution in [0, 0.1) is 0 Å². The summed E-state index contributed by atoms with van der Waals surface area (Å²) in [5.74, 6) is 0.589. The molecule has 0 heterocycles. The Morgan fingerprint density at radius 1 is 1.32 bits per heavy atom. The van der Waals surface area contributed by atoms with Crippen molar-refractivity contribution in [2.45, 2.75) is 26.0 Å². The monoisotopic (exact) mass is 287 g/mol. The molecule has 0 amide bonds. The molecule has 5 heteroatoms. The van der Waals surface area contributed by atoms with E-state index in [-0.39, 0.29) is 12.6 Å². The van der Waals surface area contributed by atoms with Gasteiger partial charge >= 0.3 is 0 Å². The van der Waals surface area contributed by atoms with Gasteiger partial charge in [0.05, 0.1) is 11.6 Å². The lowest BCUT2D eigenvalue weighted by atomic mass is 10.3. The van der Waals surface area contributed by atoms with Crippen molar-refractivity contribution in [3.8, 4) is 5.75 Å². The Labute approximate surface area is 119 Å². The van der Waals surface area contributed by atoms with Crippen LogP contribution < -0.4 is 10.1 Å². The number of hydrogen-bond donors (Lipinski definition) is 2. The summed E-state index contributed by atoms with van der Waals surface area (Å²) in [4.78, 5) is 0. The van der Waals surface area contributed by atoms with Crippen LogP contribution in [0.1, 0.15) is 13.8 Å². The predicted molar refractivity (Wildman–Crippen MR) is 76.9 cm³/mol. The summed E-state index contributed by atoms with van der Waals surface area (Å²) >= 11 is 5.95. The third-order valence-electron chi connectivity index (χ3n) is 2.54. The van der Waals surface area contributed by atoms with Gasteiger partial charge in [0.1, 0.15) is 18.5 Å². The van der Waals surface area contributed by atoms with E-state index in [1.165, 1.54) is 0 Å². The molecule has 2 atom stereocenters. The van der Waals surface area contributed by atoms with E-state index < -0.39 is 6.10 Å². The minimum Gasteiger partial charge on any atom is -0.489 e. The highest BCUT2D eigenvalue weighted by Gasteiger charge is 2.09. The summed E-state index contributed by atoms with van der Waals surface area (Å²) in [6, 6.07) is 7.42. The van der Waals surface area contributed by atoms with Crippen LogP contribution in [0.5, 0.6) is 5.75 Å². The molecule has 0 aliphatic rings. The number of rotatable bonds is 9. The first-order valence-corrected chi connectivity index (χ1v) is 6.87. The number of benzene rings is 1. The van der Waals surface area contributed by atoms with Crippen molar-refractivity contribution in [3.05, 3.63) is 29.3 Å². The molecule has 0 spiro atoms. The van der Waals surface area contributed by atoms with Crippen LogP contribution in [0.25, 0.3) is 0 Å². The van der Waals surface area contributed by atoms with Gasteiger partial charge in [-0.05, 0) is 26.0 Å². The van der Waals surface area contributed by atoms with E-state index in [9.17, 15) is 5.11 Å². The van der Waals surface area contributed by atoms with E-state index >= 15 is 0 Å². The fourth-order valence-corrected chi connectivity index (χ4v) is 1.69. The van der Waals surface area contributed by atoms with Gasteiger partial charge < -0.3 is 19.9 Å². The molecule has 0 aliphatic carbocycles. The number of nitrogens with one attached hydrogen (secondary N) is 1. The van der Waals surface area contributed by atoms with Crippen molar-refractivity contribution in [2.24, 2.45) is 0 Å². The number of aliphatic hydroxyl groups excluding tert-OH is 1. The molecule has 0 fully saturated rings. The highest BCUT2D eigenvalue weighted by molar-refractivity contribution is 6.32. The lowest BCUT2D eigenvalue weighted by Gasteiger charge is -2.17. The Morgan fingerprint density at radius 3 is 2.74 bits per heavy atom. The van der Waals surface area contributed by atoms with Gasteiger partial charge in [-0.15, -0.1) is 0 Å². The number of ether oxygens (including phenoxy) is 2. The molecular formula is C14H22ClNO3. The molecule has 2 N–H and O–H groups in total. The summed E-state index contributed by atoms with van der Waals surface area (Å²) in [7, 11) is 0. The fraction of sp³-hybridized carbons (Fsp3) is 0.571. The first-order chi connectivity index (χ1) is 9.13. The summed E-state index contributed by atoms with van der Waals surface area (Å²) in [5, 5.41) is 13.5. The molecular weight excluding hydrogens is 266 g/mol. The SMILES string of the molecule is CCOCC(C)NCC(O)COc1ccccc1Cl. The Morgan fingerprint density at radius 2 is 2.05 bits per heavy atom. The zero-order valence-electron chi connectivity index (χ0n) is 11.4. The maximum Gasteiger partial charge on any atom is 0.138 e. The average Bonchev–Trinajstić information content (AvgIpc) is 2.42. The largest absolute Gasteiger partial charge is 0.489 e. The van der Waals surface area contributed by atoms with Crippen molar-refractivity contribution >= 4 is 11.6 Å². The van der Waals surface area contributed by atoms with Crippen molar-refractivity contribution < 1.29 is 14.6 Å². The molecule has 0 saturated carbocycles. The second-order valence-corrected chi connectivity index (χ2v) is 4.77. The molecule has 0 aromatic heterocycles. The van der Waals surface area contributed by atoms with Gasteiger partial charge in [-0.1, -0.05) is 23.7 Å². The van der Waals surface area contributed by atoms with E-state index in [1.54, 1.807) is 12.1 Å². The Bertz CT molecular complexity index is 362. The van der Waals surface area contributed by atoms with Crippen LogP contribution in [0.2, 0.25) is 5.02 Å².